The van der Waals surface area contributed by atoms with Gasteiger partial charge in [0.25, 0.3) is 11.0 Å². The molecule has 0 saturated heterocycles. The number of ketones is 1. The second kappa shape index (κ2) is 11.6. The van der Waals surface area contributed by atoms with E-state index in [0.29, 0.717) is 12.8 Å². The molecule has 0 heterocycles. The molecule has 1 atom stereocenters. The Morgan fingerprint density at radius 3 is 2.40 bits per heavy atom. The maximum atomic E-state index is 11.9. The maximum Gasteiger partial charge on any atom is 0.323 e. The normalized spacial score (nSPS) is 12.2. The summed E-state index contributed by atoms with van der Waals surface area (Å²) < 4.78 is 4.46. The van der Waals surface area contributed by atoms with Gasteiger partial charge in [0.1, 0.15) is 12.6 Å². The van der Waals surface area contributed by atoms with Crippen molar-refractivity contribution in [2.24, 2.45) is 11.1 Å². The van der Waals surface area contributed by atoms with Gasteiger partial charge in [-0.15, -0.1) is 10.1 Å². The number of hydrogen-bond acceptors (Lipinski definition) is 9. The number of ether oxygens (including phenoxy) is 1. The zero-order chi connectivity index (χ0) is 19.5. The summed E-state index contributed by atoms with van der Waals surface area (Å²) in [5.74, 6) is -2.03. The standard InChI is InChI=1S/C14H25N3O7S/c1-4-14(5-2,9-24-17(21)22)8-16-12(19)11(18)7-25-6-10(15)13(20)23-3/h10H,4-9,15H2,1-3H3,(H,16,19)/t10-/m0/s1. The molecule has 1 amide bonds. The van der Waals surface area contributed by atoms with E-state index in [9.17, 15) is 24.5 Å². The van der Waals surface area contributed by atoms with Gasteiger partial charge in [-0.1, -0.05) is 13.8 Å². The smallest absolute Gasteiger partial charge is 0.323 e. The third kappa shape index (κ3) is 8.68. The van der Waals surface area contributed by atoms with E-state index in [1.54, 1.807) is 0 Å². The summed E-state index contributed by atoms with van der Waals surface area (Å²) in [6, 6.07) is -0.863. The summed E-state index contributed by atoms with van der Waals surface area (Å²) in [7, 11) is 1.21. The number of esters is 1. The number of nitrogens with one attached hydrogen (secondary N) is 1. The summed E-state index contributed by atoms with van der Waals surface area (Å²) >= 11 is 1.05. The van der Waals surface area contributed by atoms with Gasteiger partial charge in [0.2, 0.25) is 5.78 Å². The minimum absolute atomic E-state index is 0.0881. The van der Waals surface area contributed by atoms with Gasteiger partial charge in [0, 0.05) is 17.7 Å². The molecular formula is C14H25N3O7S. The number of thioether (sulfide) groups is 1. The lowest BCUT2D eigenvalue weighted by molar-refractivity contribution is -0.761. The maximum absolute atomic E-state index is 11.9. The summed E-state index contributed by atoms with van der Waals surface area (Å²) in [4.78, 5) is 49.6. The van der Waals surface area contributed by atoms with Crippen molar-refractivity contribution >= 4 is 29.4 Å². The van der Waals surface area contributed by atoms with Crippen LogP contribution in [0.4, 0.5) is 0 Å². The van der Waals surface area contributed by atoms with E-state index in [-0.39, 0.29) is 24.7 Å². The molecule has 0 radical (unpaired) electrons. The van der Waals surface area contributed by atoms with Gasteiger partial charge in [-0.2, -0.15) is 11.8 Å². The zero-order valence-corrected chi connectivity index (χ0v) is 15.4. The van der Waals surface area contributed by atoms with Crippen molar-refractivity contribution < 1.29 is 29.0 Å². The molecule has 11 heteroatoms. The first-order valence-electron chi connectivity index (χ1n) is 7.70. The number of carbonyl (C=O) groups excluding carboxylic acids is 3. The highest BCUT2D eigenvalue weighted by Gasteiger charge is 2.29. The van der Waals surface area contributed by atoms with Crippen LogP contribution in [0.2, 0.25) is 0 Å². The molecule has 0 rings (SSSR count). The number of carbonyl (C=O) groups is 3. The van der Waals surface area contributed by atoms with Gasteiger partial charge in [-0.25, -0.2) is 0 Å². The van der Waals surface area contributed by atoms with Crippen molar-refractivity contribution in [2.75, 3.05) is 31.8 Å². The number of rotatable bonds is 13. The Labute approximate surface area is 150 Å². The minimum atomic E-state index is -0.881. The summed E-state index contributed by atoms with van der Waals surface area (Å²) in [5, 5.41) is 12.0. The van der Waals surface area contributed by atoms with Crippen molar-refractivity contribution in [3.63, 3.8) is 0 Å². The number of amides is 1. The van der Waals surface area contributed by atoms with Crippen LogP contribution in [0, 0.1) is 15.5 Å². The van der Waals surface area contributed by atoms with Crippen LogP contribution in [0.3, 0.4) is 0 Å². The van der Waals surface area contributed by atoms with Crippen LogP contribution in [0.5, 0.6) is 0 Å². The highest BCUT2D eigenvalue weighted by Crippen LogP contribution is 2.25. The van der Waals surface area contributed by atoms with E-state index in [0.717, 1.165) is 11.8 Å². The van der Waals surface area contributed by atoms with Gasteiger partial charge in [-0.05, 0) is 12.8 Å². The van der Waals surface area contributed by atoms with Gasteiger partial charge < -0.3 is 20.6 Å². The van der Waals surface area contributed by atoms with Gasteiger partial charge in [0.05, 0.1) is 12.9 Å². The first-order valence-corrected chi connectivity index (χ1v) is 8.86. The third-order valence-electron chi connectivity index (χ3n) is 3.89. The summed E-state index contributed by atoms with van der Waals surface area (Å²) in [5.41, 5.74) is 4.90. The second-order valence-corrected chi connectivity index (χ2v) is 6.49. The SMILES string of the molecule is CCC(CC)(CNC(=O)C(=O)CSC[C@H](N)C(=O)OC)CO[N+](=O)[O-]. The molecule has 144 valence electrons. The van der Waals surface area contributed by atoms with Crippen molar-refractivity contribution in [1.82, 2.24) is 5.32 Å². The van der Waals surface area contributed by atoms with Crippen molar-refractivity contribution in [3.8, 4) is 0 Å². The predicted molar refractivity (Wildman–Crippen MR) is 91.3 cm³/mol. The molecule has 0 fully saturated rings. The average Bonchev–Trinajstić information content (AvgIpc) is 2.60. The zero-order valence-electron chi connectivity index (χ0n) is 14.6. The first kappa shape index (κ1) is 23.1. The molecule has 0 bridgehead atoms. The Kier molecular flexibility index (Phi) is 10.8. The lowest BCUT2D eigenvalue weighted by atomic mass is 9.83. The van der Waals surface area contributed by atoms with Crippen LogP contribution in [0.25, 0.3) is 0 Å². The molecule has 0 aromatic rings. The Balaban J connectivity index is 4.38. The molecule has 3 N–H and O–H groups in total. The van der Waals surface area contributed by atoms with Gasteiger partial charge >= 0.3 is 5.97 Å². The van der Waals surface area contributed by atoms with Crippen LogP contribution < -0.4 is 11.1 Å². The lowest BCUT2D eigenvalue weighted by Crippen LogP contribution is -2.43. The molecule has 0 aliphatic carbocycles. The molecule has 10 nitrogen and oxygen atoms in total. The van der Waals surface area contributed by atoms with Crippen LogP contribution in [0.15, 0.2) is 0 Å². The number of Topliss-reactive ketones (excluding diaryl/α,β-unsaturated/α-hetero) is 1. The molecule has 0 aromatic carbocycles. The monoisotopic (exact) mass is 379 g/mol. The van der Waals surface area contributed by atoms with Gasteiger partial charge in [-0.3, -0.25) is 14.4 Å². The molecule has 25 heavy (non-hydrogen) atoms. The van der Waals surface area contributed by atoms with E-state index in [4.69, 9.17) is 5.73 Å². The van der Waals surface area contributed by atoms with Crippen LogP contribution in [-0.2, 0) is 24.0 Å². The molecular weight excluding hydrogens is 354 g/mol. The van der Waals surface area contributed by atoms with Crippen LogP contribution in [0.1, 0.15) is 26.7 Å². The molecule has 0 aromatic heterocycles. The van der Waals surface area contributed by atoms with Gasteiger partial charge in [0.15, 0.2) is 0 Å². The number of nitrogens with two attached hydrogens (primary N) is 1. The Hall–Kier alpha value is -1.88. The first-order chi connectivity index (χ1) is 11.7. The highest BCUT2D eigenvalue weighted by atomic mass is 32.2. The second-order valence-electron chi connectivity index (χ2n) is 5.45. The summed E-state index contributed by atoms with van der Waals surface area (Å²) in [6.45, 7) is 3.57. The van der Waals surface area contributed by atoms with E-state index in [1.807, 2.05) is 13.8 Å². The van der Waals surface area contributed by atoms with Crippen molar-refractivity contribution in [1.29, 1.82) is 0 Å². The van der Waals surface area contributed by atoms with Crippen molar-refractivity contribution in [3.05, 3.63) is 10.1 Å². The van der Waals surface area contributed by atoms with Crippen LogP contribution in [-0.4, -0.2) is 60.6 Å². The highest BCUT2D eigenvalue weighted by molar-refractivity contribution is 8.00. The lowest BCUT2D eigenvalue weighted by Gasteiger charge is -2.30. The fourth-order valence-electron chi connectivity index (χ4n) is 1.87. The topological polar surface area (TPSA) is 151 Å². The van der Waals surface area contributed by atoms with E-state index < -0.39 is 34.2 Å². The minimum Gasteiger partial charge on any atom is -0.468 e. The summed E-state index contributed by atoms with van der Waals surface area (Å²) in [6.07, 6.45) is 1.07. The predicted octanol–water partition coefficient (Wildman–Crippen LogP) is -0.0801. The Morgan fingerprint density at radius 2 is 1.92 bits per heavy atom. The molecule has 0 saturated carbocycles. The fraction of sp³-hybridized carbons (Fsp3) is 0.786. The number of hydrogen-bond donors (Lipinski definition) is 2. The molecule has 0 spiro atoms. The Morgan fingerprint density at radius 1 is 1.32 bits per heavy atom. The molecule has 0 aliphatic heterocycles. The third-order valence-corrected chi connectivity index (χ3v) is 4.95. The van der Waals surface area contributed by atoms with E-state index in [2.05, 4.69) is 14.9 Å². The van der Waals surface area contributed by atoms with E-state index in [1.165, 1.54) is 7.11 Å². The number of nitrogens with zero attached hydrogens (tertiary/aromatic N) is 1. The molecule has 0 unspecified atom stereocenters. The largest absolute Gasteiger partial charge is 0.468 e. The number of methoxy groups -OCH3 is 1. The average molecular weight is 379 g/mol. The Bertz CT molecular complexity index is 483. The quantitative estimate of drug-likeness (QED) is 0.194. The molecule has 0 aliphatic rings. The fourth-order valence-corrected chi connectivity index (χ4v) is 2.70. The van der Waals surface area contributed by atoms with E-state index >= 15 is 0 Å². The van der Waals surface area contributed by atoms with Crippen molar-refractivity contribution in [2.45, 2.75) is 32.7 Å². The van der Waals surface area contributed by atoms with Crippen LogP contribution >= 0.6 is 11.8 Å².